The molecule has 1 aliphatic heterocycles. The topological polar surface area (TPSA) is 41.1 Å². The minimum absolute atomic E-state index is 0.0245. The first kappa shape index (κ1) is 13.5. The van der Waals surface area contributed by atoms with Gasteiger partial charge in [0, 0.05) is 12.6 Å². The van der Waals surface area contributed by atoms with E-state index in [2.05, 4.69) is 38.3 Å². The second-order valence-electron chi connectivity index (χ2n) is 5.79. The normalized spacial score (nSPS) is 26.5. The molecule has 2 unspecified atom stereocenters. The largest absolute Gasteiger partial charge is 0.354 e. The smallest absolute Gasteiger partial charge is 0.237 e. The lowest BCUT2D eigenvalue weighted by Crippen LogP contribution is -2.51. The summed E-state index contributed by atoms with van der Waals surface area (Å²) in [5.74, 6) is 0.174. The summed E-state index contributed by atoms with van der Waals surface area (Å²) in [6.07, 6.45) is 4.40. The van der Waals surface area contributed by atoms with E-state index < -0.39 is 0 Å². The molecule has 0 spiro atoms. The molecule has 0 aromatic carbocycles. The zero-order chi connectivity index (χ0) is 12.2. The van der Waals surface area contributed by atoms with E-state index in [1.807, 2.05) is 0 Å². The number of rotatable bonds is 4. The number of carbonyl (C=O) groups is 1. The van der Waals surface area contributed by atoms with Crippen molar-refractivity contribution >= 4 is 5.91 Å². The van der Waals surface area contributed by atoms with Crippen LogP contribution in [0.1, 0.15) is 53.4 Å². The predicted molar refractivity (Wildman–Crippen MR) is 67.3 cm³/mol. The molecule has 0 aromatic heterocycles. The SMILES string of the molecule is CCC(C)(C)CNC(=O)C1CCCC(C)N1. The van der Waals surface area contributed by atoms with Crippen molar-refractivity contribution in [1.82, 2.24) is 10.6 Å². The summed E-state index contributed by atoms with van der Waals surface area (Å²) < 4.78 is 0. The highest BCUT2D eigenvalue weighted by molar-refractivity contribution is 5.81. The molecule has 16 heavy (non-hydrogen) atoms. The Balaban J connectivity index is 2.34. The highest BCUT2D eigenvalue weighted by Gasteiger charge is 2.25. The van der Waals surface area contributed by atoms with Crippen molar-refractivity contribution < 1.29 is 4.79 Å². The van der Waals surface area contributed by atoms with Crippen LogP contribution in [0.4, 0.5) is 0 Å². The molecule has 1 heterocycles. The van der Waals surface area contributed by atoms with Crippen LogP contribution < -0.4 is 10.6 Å². The van der Waals surface area contributed by atoms with Gasteiger partial charge in [-0.05, 0) is 38.0 Å². The minimum atomic E-state index is 0.0245. The van der Waals surface area contributed by atoms with E-state index in [-0.39, 0.29) is 17.4 Å². The van der Waals surface area contributed by atoms with Gasteiger partial charge in [0.05, 0.1) is 6.04 Å². The van der Waals surface area contributed by atoms with Crippen molar-refractivity contribution in [2.45, 2.75) is 65.5 Å². The molecule has 0 radical (unpaired) electrons. The van der Waals surface area contributed by atoms with Crippen LogP contribution in [0.2, 0.25) is 0 Å². The maximum Gasteiger partial charge on any atom is 0.237 e. The van der Waals surface area contributed by atoms with Crippen molar-refractivity contribution in [2.75, 3.05) is 6.54 Å². The average molecular weight is 226 g/mol. The number of hydrogen-bond acceptors (Lipinski definition) is 2. The first-order chi connectivity index (χ1) is 7.44. The maximum atomic E-state index is 11.9. The molecule has 2 N–H and O–H groups in total. The van der Waals surface area contributed by atoms with Gasteiger partial charge in [0.2, 0.25) is 5.91 Å². The molecule has 1 aliphatic rings. The second kappa shape index (κ2) is 5.67. The standard InChI is InChI=1S/C13H26N2O/c1-5-13(3,4)9-14-12(16)11-8-6-7-10(2)15-11/h10-11,15H,5-9H2,1-4H3,(H,14,16). The summed E-state index contributed by atoms with van der Waals surface area (Å²) in [6, 6.07) is 0.500. The molecular formula is C13H26N2O. The Morgan fingerprint density at radius 2 is 2.12 bits per heavy atom. The molecule has 2 atom stereocenters. The Bertz CT molecular complexity index is 238. The van der Waals surface area contributed by atoms with Gasteiger partial charge in [-0.25, -0.2) is 0 Å². The summed E-state index contributed by atoms with van der Waals surface area (Å²) >= 11 is 0. The van der Waals surface area contributed by atoms with Gasteiger partial charge in [-0.3, -0.25) is 4.79 Å². The van der Waals surface area contributed by atoms with Gasteiger partial charge in [0.1, 0.15) is 0 Å². The van der Waals surface area contributed by atoms with Crippen LogP contribution in [-0.2, 0) is 4.79 Å². The molecule has 3 heteroatoms. The van der Waals surface area contributed by atoms with Crippen LogP contribution in [-0.4, -0.2) is 24.5 Å². The molecular weight excluding hydrogens is 200 g/mol. The first-order valence-corrected chi connectivity index (χ1v) is 6.48. The van der Waals surface area contributed by atoms with Gasteiger partial charge in [-0.15, -0.1) is 0 Å². The Morgan fingerprint density at radius 3 is 2.69 bits per heavy atom. The van der Waals surface area contributed by atoms with Gasteiger partial charge in [-0.1, -0.05) is 20.8 Å². The van der Waals surface area contributed by atoms with Crippen molar-refractivity contribution in [3.05, 3.63) is 0 Å². The number of amides is 1. The monoisotopic (exact) mass is 226 g/mol. The molecule has 0 saturated carbocycles. The van der Waals surface area contributed by atoms with Crippen molar-refractivity contribution in [1.29, 1.82) is 0 Å². The van der Waals surface area contributed by atoms with Crippen LogP contribution >= 0.6 is 0 Å². The molecule has 94 valence electrons. The van der Waals surface area contributed by atoms with Crippen LogP contribution in [0, 0.1) is 5.41 Å². The number of carbonyl (C=O) groups excluding carboxylic acids is 1. The summed E-state index contributed by atoms with van der Waals surface area (Å²) in [4.78, 5) is 11.9. The predicted octanol–water partition coefficient (Wildman–Crippen LogP) is 2.07. The number of hydrogen-bond donors (Lipinski definition) is 2. The lowest BCUT2D eigenvalue weighted by molar-refractivity contribution is -0.124. The van der Waals surface area contributed by atoms with Crippen LogP contribution in [0.5, 0.6) is 0 Å². The second-order valence-corrected chi connectivity index (χ2v) is 5.79. The average Bonchev–Trinajstić information content (AvgIpc) is 2.26. The lowest BCUT2D eigenvalue weighted by atomic mass is 9.90. The third kappa shape index (κ3) is 4.12. The molecule has 0 aliphatic carbocycles. The van der Waals surface area contributed by atoms with E-state index in [4.69, 9.17) is 0 Å². The van der Waals surface area contributed by atoms with Gasteiger partial charge in [0.25, 0.3) is 0 Å². The Labute approximate surface area is 99.4 Å². The Morgan fingerprint density at radius 1 is 1.44 bits per heavy atom. The van der Waals surface area contributed by atoms with Gasteiger partial charge in [-0.2, -0.15) is 0 Å². The van der Waals surface area contributed by atoms with E-state index in [0.29, 0.717) is 6.04 Å². The van der Waals surface area contributed by atoms with Crippen molar-refractivity contribution in [3.63, 3.8) is 0 Å². The van der Waals surface area contributed by atoms with E-state index in [9.17, 15) is 4.79 Å². The zero-order valence-electron chi connectivity index (χ0n) is 11.1. The molecule has 1 amide bonds. The van der Waals surface area contributed by atoms with E-state index in [1.165, 1.54) is 6.42 Å². The van der Waals surface area contributed by atoms with Crippen LogP contribution in [0.3, 0.4) is 0 Å². The van der Waals surface area contributed by atoms with Gasteiger partial charge >= 0.3 is 0 Å². The lowest BCUT2D eigenvalue weighted by Gasteiger charge is -2.29. The quantitative estimate of drug-likeness (QED) is 0.770. The van der Waals surface area contributed by atoms with Crippen molar-refractivity contribution in [2.24, 2.45) is 5.41 Å². The van der Waals surface area contributed by atoms with Crippen LogP contribution in [0.25, 0.3) is 0 Å². The summed E-state index contributed by atoms with van der Waals surface area (Å²) in [5, 5.41) is 6.42. The van der Waals surface area contributed by atoms with Crippen LogP contribution in [0.15, 0.2) is 0 Å². The fourth-order valence-electron chi connectivity index (χ4n) is 1.92. The Hall–Kier alpha value is -0.570. The highest BCUT2D eigenvalue weighted by Crippen LogP contribution is 2.18. The third-order valence-corrected chi connectivity index (χ3v) is 3.63. The maximum absolute atomic E-state index is 11.9. The number of piperidine rings is 1. The van der Waals surface area contributed by atoms with Gasteiger partial charge < -0.3 is 10.6 Å². The third-order valence-electron chi connectivity index (χ3n) is 3.63. The minimum Gasteiger partial charge on any atom is -0.354 e. The molecule has 1 rings (SSSR count). The van der Waals surface area contributed by atoms with Crippen molar-refractivity contribution in [3.8, 4) is 0 Å². The van der Waals surface area contributed by atoms with Gasteiger partial charge in [0.15, 0.2) is 0 Å². The molecule has 1 saturated heterocycles. The summed E-state index contributed by atoms with van der Waals surface area (Å²) in [6.45, 7) is 9.45. The first-order valence-electron chi connectivity index (χ1n) is 6.48. The number of nitrogens with one attached hydrogen (secondary N) is 2. The fourth-order valence-corrected chi connectivity index (χ4v) is 1.92. The summed E-state index contributed by atoms with van der Waals surface area (Å²) in [7, 11) is 0. The molecule has 1 fully saturated rings. The molecule has 3 nitrogen and oxygen atoms in total. The highest BCUT2D eigenvalue weighted by atomic mass is 16.2. The zero-order valence-corrected chi connectivity index (χ0v) is 11.1. The van der Waals surface area contributed by atoms with E-state index in [1.54, 1.807) is 0 Å². The molecule has 0 aromatic rings. The van der Waals surface area contributed by atoms with E-state index in [0.717, 1.165) is 25.8 Å². The van der Waals surface area contributed by atoms with E-state index >= 15 is 0 Å². The summed E-state index contributed by atoms with van der Waals surface area (Å²) in [5.41, 5.74) is 0.204. The fraction of sp³-hybridized carbons (Fsp3) is 0.923. The molecule has 0 bridgehead atoms. The Kier molecular flexibility index (Phi) is 4.78.